The van der Waals surface area contributed by atoms with Crippen molar-refractivity contribution in [2.75, 3.05) is 12.3 Å². The van der Waals surface area contributed by atoms with E-state index in [4.69, 9.17) is 10.8 Å². The molecule has 3 unspecified atom stereocenters. The molecule has 2 rings (SSSR count). The maximum absolute atomic E-state index is 10.1. The lowest BCUT2D eigenvalue weighted by molar-refractivity contribution is 0.0609. The van der Waals surface area contributed by atoms with Crippen molar-refractivity contribution in [3.8, 4) is 0 Å². The van der Waals surface area contributed by atoms with Crippen molar-refractivity contribution < 1.29 is 10.2 Å². The van der Waals surface area contributed by atoms with Crippen LogP contribution in [0.2, 0.25) is 0 Å². The summed E-state index contributed by atoms with van der Waals surface area (Å²) in [4.78, 5) is 8.30. The number of aliphatic hydroxyl groups excluding tert-OH is 2. The van der Waals surface area contributed by atoms with Gasteiger partial charge in [-0.3, -0.25) is 0 Å². The molecule has 0 radical (unpaired) electrons. The SMILES string of the molecule is CC(CO)C(O)CC(C)n1cc(I)c2c(N)ncnc21. The first kappa shape index (κ1) is 15.5. The average Bonchev–Trinajstić information content (AvgIpc) is 2.76. The fourth-order valence-corrected chi connectivity index (χ4v) is 3.03. The van der Waals surface area contributed by atoms with Gasteiger partial charge in [0.2, 0.25) is 0 Å². The summed E-state index contributed by atoms with van der Waals surface area (Å²) in [5.41, 5.74) is 6.67. The quantitative estimate of drug-likeness (QED) is 0.674. The number of aromatic nitrogens is 3. The Labute approximate surface area is 131 Å². The van der Waals surface area contributed by atoms with Gasteiger partial charge in [-0.25, -0.2) is 9.97 Å². The molecule has 0 fully saturated rings. The number of fused-ring (bicyclic) bond motifs is 1. The van der Waals surface area contributed by atoms with Gasteiger partial charge in [-0.2, -0.15) is 0 Å². The lowest BCUT2D eigenvalue weighted by Gasteiger charge is -2.22. The Morgan fingerprint density at radius 3 is 2.75 bits per heavy atom. The van der Waals surface area contributed by atoms with Crippen LogP contribution < -0.4 is 5.73 Å². The summed E-state index contributed by atoms with van der Waals surface area (Å²) in [6.07, 6.45) is 3.41. The normalized spacial score (nSPS) is 16.2. The Bertz CT molecular complexity index is 601. The van der Waals surface area contributed by atoms with Crippen molar-refractivity contribution >= 4 is 39.4 Å². The van der Waals surface area contributed by atoms with Crippen LogP contribution in [-0.2, 0) is 0 Å². The van der Waals surface area contributed by atoms with Gasteiger partial charge in [-0.05, 0) is 35.9 Å². The zero-order valence-electron chi connectivity index (χ0n) is 11.5. The van der Waals surface area contributed by atoms with Crippen LogP contribution in [0, 0.1) is 9.49 Å². The summed E-state index contributed by atoms with van der Waals surface area (Å²) in [5, 5.41) is 20.0. The van der Waals surface area contributed by atoms with Crippen LogP contribution in [0.5, 0.6) is 0 Å². The molecule has 0 saturated heterocycles. The van der Waals surface area contributed by atoms with Crippen molar-refractivity contribution in [2.45, 2.75) is 32.4 Å². The average molecular weight is 390 g/mol. The van der Waals surface area contributed by atoms with Gasteiger partial charge in [0.25, 0.3) is 0 Å². The molecule has 110 valence electrons. The summed E-state index contributed by atoms with van der Waals surface area (Å²) >= 11 is 2.21. The molecule has 7 heteroatoms. The van der Waals surface area contributed by atoms with Gasteiger partial charge >= 0.3 is 0 Å². The Balaban J connectivity index is 2.31. The monoisotopic (exact) mass is 390 g/mol. The summed E-state index contributed by atoms with van der Waals surface area (Å²) in [5.74, 6) is 0.327. The first-order valence-corrected chi connectivity index (χ1v) is 7.59. The highest BCUT2D eigenvalue weighted by molar-refractivity contribution is 14.1. The molecule has 0 aliphatic rings. The van der Waals surface area contributed by atoms with Crippen LogP contribution >= 0.6 is 22.6 Å². The van der Waals surface area contributed by atoms with Crippen LogP contribution in [0.15, 0.2) is 12.5 Å². The van der Waals surface area contributed by atoms with Crippen molar-refractivity contribution in [1.82, 2.24) is 14.5 Å². The number of nitrogens with two attached hydrogens (primary N) is 1. The molecule has 0 aromatic carbocycles. The summed E-state index contributed by atoms with van der Waals surface area (Å²) in [6.45, 7) is 3.82. The van der Waals surface area contributed by atoms with Gasteiger partial charge in [0.1, 0.15) is 17.8 Å². The molecule has 2 aromatic rings. The van der Waals surface area contributed by atoms with Gasteiger partial charge in [0.15, 0.2) is 0 Å². The van der Waals surface area contributed by atoms with Crippen LogP contribution in [0.1, 0.15) is 26.3 Å². The minimum absolute atomic E-state index is 0.0209. The van der Waals surface area contributed by atoms with E-state index in [-0.39, 0.29) is 18.6 Å². The summed E-state index contributed by atoms with van der Waals surface area (Å²) in [7, 11) is 0. The smallest absolute Gasteiger partial charge is 0.146 e. The van der Waals surface area contributed by atoms with Crippen LogP contribution in [-0.4, -0.2) is 37.5 Å². The third kappa shape index (κ3) is 2.89. The van der Waals surface area contributed by atoms with Crippen LogP contribution in [0.4, 0.5) is 5.82 Å². The lowest BCUT2D eigenvalue weighted by Crippen LogP contribution is -2.24. The molecular formula is C13H19IN4O2. The highest BCUT2D eigenvalue weighted by atomic mass is 127. The first-order chi connectivity index (χ1) is 9.45. The second-order valence-electron chi connectivity index (χ2n) is 5.15. The minimum atomic E-state index is -0.552. The number of nitrogen functional groups attached to an aromatic ring is 1. The zero-order chi connectivity index (χ0) is 14.9. The Hall–Kier alpha value is -0.930. The van der Waals surface area contributed by atoms with Crippen molar-refractivity contribution in [3.05, 3.63) is 16.1 Å². The van der Waals surface area contributed by atoms with E-state index in [0.717, 1.165) is 14.6 Å². The zero-order valence-corrected chi connectivity index (χ0v) is 13.6. The van der Waals surface area contributed by atoms with Gasteiger partial charge in [0.05, 0.1) is 11.5 Å². The fraction of sp³-hybridized carbons (Fsp3) is 0.538. The molecule has 4 N–H and O–H groups in total. The van der Waals surface area contributed by atoms with E-state index >= 15 is 0 Å². The van der Waals surface area contributed by atoms with E-state index in [0.29, 0.717) is 12.2 Å². The lowest BCUT2D eigenvalue weighted by atomic mass is 9.99. The molecular weight excluding hydrogens is 371 g/mol. The molecule has 6 nitrogen and oxygen atoms in total. The Morgan fingerprint density at radius 1 is 1.40 bits per heavy atom. The molecule has 0 bridgehead atoms. The molecule has 0 saturated carbocycles. The standard InChI is InChI=1S/C13H19IN4O2/c1-7(5-19)10(20)3-8(2)18-4-9(14)11-12(15)16-6-17-13(11)18/h4,6-8,10,19-20H,3,5H2,1-2H3,(H2,15,16,17). The van der Waals surface area contributed by atoms with Crippen LogP contribution in [0.25, 0.3) is 11.0 Å². The highest BCUT2D eigenvalue weighted by Crippen LogP contribution is 2.29. The Kier molecular flexibility index (Phi) is 4.82. The number of rotatable bonds is 5. The molecule has 2 aromatic heterocycles. The molecule has 2 heterocycles. The van der Waals surface area contributed by atoms with Crippen molar-refractivity contribution in [2.24, 2.45) is 5.92 Å². The number of nitrogens with zero attached hydrogens (tertiary/aromatic N) is 3. The number of hydrogen-bond donors (Lipinski definition) is 3. The third-order valence-corrected chi connectivity index (χ3v) is 4.41. The molecule has 0 aliphatic carbocycles. The molecule has 0 spiro atoms. The second kappa shape index (κ2) is 6.23. The third-order valence-electron chi connectivity index (χ3n) is 3.59. The predicted octanol–water partition coefficient (Wildman–Crippen LogP) is 1.56. The molecule has 3 atom stereocenters. The topological polar surface area (TPSA) is 97.2 Å². The predicted molar refractivity (Wildman–Crippen MR) is 86.2 cm³/mol. The van der Waals surface area contributed by atoms with Crippen LogP contribution in [0.3, 0.4) is 0 Å². The minimum Gasteiger partial charge on any atom is -0.396 e. The highest BCUT2D eigenvalue weighted by Gasteiger charge is 2.20. The van der Waals surface area contributed by atoms with Gasteiger partial charge in [0, 0.05) is 28.3 Å². The van der Waals surface area contributed by atoms with E-state index in [1.54, 1.807) is 0 Å². The summed E-state index contributed by atoms with van der Waals surface area (Å²) < 4.78 is 3.00. The maximum Gasteiger partial charge on any atom is 0.146 e. The van der Waals surface area contributed by atoms with Gasteiger partial charge in [-0.15, -0.1) is 0 Å². The van der Waals surface area contributed by atoms with Crippen molar-refractivity contribution in [1.29, 1.82) is 0 Å². The second-order valence-corrected chi connectivity index (χ2v) is 6.32. The summed E-state index contributed by atoms with van der Waals surface area (Å²) in [6, 6.07) is 0.0549. The molecule has 20 heavy (non-hydrogen) atoms. The van der Waals surface area contributed by atoms with Crippen molar-refractivity contribution in [3.63, 3.8) is 0 Å². The maximum atomic E-state index is 10.1. The van der Waals surface area contributed by atoms with E-state index in [2.05, 4.69) is 32.6 Å². The van der Waals surface area contributed by atoms with E-state index < -0.39 is 6.10 Å². The van der Waals surface area contributed by atoms with Gasteiger partial charge < -0.3 is 20.5 Å². The Morgan fingerprint density at radius 2 is 2.10 bits per heavy atom. The number of hydrogen-bond acceptors (Lipinski definition) is 5. The number of anilines is 1. The van der Waals surface area contributed by atoms with E-state index in [1.807, 2.05) is 24.6 Å². The molecule has 0 aliphatic heterocycles. The van der Waals surface area contributed by atoms with E-state index in [1.165, 1.54) is 6.33 Å². The van der Waals surface area contributed by atoms with Gasteiger partial charge in [-0.1, -0.05) is 6.92 Å². The number of halogens is 1. The first-order valence-electron chi connectivity index (χ1n) is 6.51. The van der Waals surface area contributed by atoms with E-state index in [9.17, 15) is 5.11 Å². The largest absolute Gasteiger partial charge is 0.396 e. The molecule has 0 amide bonds. The fourth-order valence-electron chi connectivity index (χ4n) is 2.22. The number of aliphatic hydroxyl groups is 2.